The molecular formula is C16H16Cl2O2. The standard InChI is InChI=1S/C8H9ClO.C8H7ClO/c2*1-6(10)7-4-2-3-5-8(7)9/h2-6,10H,1H3;2-5H,1H3. The molecule has 2 aromatic rings. The largest absolute Gasteiger partial charge is 0.389 e. The van der Waals surface area contributed by atoms with Gasteiger partial charge in [0.1, 0.15) is 0 Å². The van der Waals surface area contributed by atoms with Crippen molar-refractivity contribution in [2.45, 2.75) is 20.0 Å². The summed E-state index contributed by atoms with van der Waals surface area (Å²) < 4.78 is 0. The number of Topliss-reactive ketones (excluding diaryl/α,β-unsaturated/α-hetero) is 1. The minimum atomic E-state index is -0.478. The predicted octanol–water partition coefficient (Wildman–Crippen LogP) is 4.94. The Morgan fingerprint density at radius 1 is 1.00 bits per heavy atom. The minimum Gasteiger partial charge on any atom is -0.389 e. The van der Waals surface area contributed by atoms with Crippen LogP contribution in [0.15, 0.2) is 48.5 Å². The highest BCUT2D eigenvalue weighted by Gasteiger charge is 2.03. The highest BCUT2D eigenvalue weighted by Crippen LogP contribution is 2.21. The van der Waals surface area contributed by atoms with E-state index in [9.17, 15) is 4.79 Å². The van der Waals surface area contributed by atoms with Crippen LogP contribution in [0.5, 0.6) is 0 Å². The van der Waals surface area contributed by atoms with Crippen LogP contribution in [0.3, 0.4) is 0 Å². The first-order valence-electron chi connectivity index (χ1n) is 6.11. The van der Waals surface area contributed by atoms with Crippen molar-refractivity contribution < 1.29 is 9.90 Å². The van der Waals surface area contributed by atoms with Gasteiger partial charge in [0.05, 0.1) is 11.1 Å². The quantitative estimate of drug-likeness (QED) is 0.798. The van der Waals surface area contributed by atoms with E-state index in [1.54, 1.807) is 37.3 Å². The fourth-order valence-corrected chi connectivity index (χ4v) is 2.12. The Morgan fingerprint density at radius 2 is 1.50 bits per heavy atom. The normalized spacial score (nSPS) is 11.2. The van der Waals surface area contributed by atoms with Gasteiger partial charge in [-0.25, -0.2) is 0 Å². The lowest BCUT2D eigenvalue weighted by molar-refractivity contribution is 0.101. The number of aliphatic hydroxyl groups is 1. The summed E-state index contributed by atoms with van der Waals surface area (Å²) in [4.78, 5) is 10.8. The van der Waals surface area contributed by atoms with Crippen molar-refractivity contribution in [2.75, 3.05) is 0 Å². The monoisotopic (exact) mass is 310 g/mol. The molecule has 0 saturated heterocycles. The van der Waals surface area contributed by atoms with Crippen LogP contribution in [-0.2, 0) is 0 Å². The second-order valence-corrected chi connectivity index (χ2v) is 5.05. The zero-order chi connectivity index (χ0) is 15.1. The molecule has 0 fully saturated rings. The molecule has 0 saturated carbocycles. The molecular weight excluding hydrogens is 295 g/mol. The zero-order valence-electron chi connectivity index (χ0n) is 11.3. The molecule has 1 unspecified atom stereocenters. The van der Waals surface area contributed by atoms with Crippen molar-refractivity contribution >= 4 is 29.0 Å². The molecule has 0 aliphatic heterocycles. The summed E-state index contributed by atoms with van der Waals surface area (Å²) >= 11 is 11.5. The summed E-state index contributed by atoms with van der Waals surface area (Å²) in [5.41, 5.74) is 1.37. The number of hydrogen-bond acceptors (Lipinski definition) is 2. The van der Waals surface area contributed by atoms with Gasteiger partial charge in [0.25, 0.3) is 0 Å². The fourth-order valence-electron chi connectivity index (χ4n) is 1.56. The summed E-state index contributed by atoms with van der Waals surface area (Å²) in [5, 5.41) is 10.3. The van der Waals surface area contributed by atoms with E-state index < -0.39 is 6.10 Å². The third-order valence-electron chi connectivity index (χ3n) is 2.61. The highest BCUT2D eigenvalue weighted by atomic mass is 35.5. The summed E-state index contributed by atoms with van der Waals surface area (Å²) in [6, 6.07) is 14.3. The van der Waals surface area contributed by atoms with Gasteiger partial charge in [-0.3, -0.25) is 4.79 Å². The number of rotatable bonds is 2. The average Bonchev–Trinajstić information content (AvgIpc) is 2.40. The Bertz CT molecular complexity index is 580. The third-order valence-corrected chi connectivity index (χ3v) is 3.28. The second-order valence-electron chi connectivity index (χ2n) is 4.23. The molecule has 0 heterocycles. The number of halogens is 2. The van der Waals surface area contributed by atoms with Gasteiger partial charge in [-0.2, -0.15) is 0 Å². The third kappa shape index (κ3) is 4.97. The first kappa shape index (κ1) is 16.7. The molecule has 1 N–H and O–H groups in total. The molecule has 2 rings (SSSR count). The predicted molar refractivity (Wildman–Crippen MR) is 83.5 cm³/mol. The van der Waals surface area contributed by atoms with Gasteiger partial charge in [0.2, 0.25) is 0 Å². The first-order valence-corrected chi connectivity index (χ1v) is 6.87. The Hall–Kier alpha value is -1.35. The molecule has 0 amide bonds. The Kier molecular flexibility index (Phi) is 6.73. The lowest BCUT2D eigenvalue weighted by Gasteiger charge is -2.04. The van der Waals surface area contributed by atoms with Crippen molar-refractivity contribution in [3.63, 3.8) is 0 Å². The van der Waals surface area contributed by atoms with Crippen LogP contribution in [-0.4, -0.2) is 10.9 Å². The second kappa shape index (κ2) is 8.05. The molecule has 0 spiro atoms. The van der Waals surface area contributed by atoms with Crippen molar-refractivity contribution in [2.24, 2.45) is 0 Å². The van der Waals surface area contributed by atoms with Crippen molar-refractivity contribution in [1.29, 1.82) is 0 Å². The van der Waals surface area contributed by atoms with E-state index >= 15 is 0 Å². The fraction of sp³-hybridized carbons (Fsp3) is 0.188. The number of ketones is 1. The molecule has 4 heteroatoms. The van der Waals surface area contributed by atoms with Crippen molar-refractivity contribution in [3.05, 3.63) is 69.7 Å². The molecule has 0 bridgehead atoms. The van der Waals surface area contributed by atoms with Crippen LogP contribution in [0.2, 0.25) is 10.0 Å². The number of carbonyl (C=O) groups excluding carboxylic acids is 1. The topological polar surface area (TPSA) is 37.3 Å². The van der Waals surface area contributed by atoms with Gasteiger partial charge in [0.15, 0.2) is 5.78 Å². The number of benzene rings is 2. The van der Waals surface area contributed by atoms with E-state index in [1.165, 1.54) is 6.92 Å². The Balaban J connectivity index is 0.000000200. The average molecular weight is 311 g/mol. The maximum Gasteiger partial charge on any atom is 0.161 e. The number of hydrogen-bond donors (Lipinski definition) is 1. The number of aliphatic hydroxyl groups excluding tert-OH is 1. The van der Waals surface area contributed by atoms with Gasteiger partial charge in [0, 0.05) is 10.6 Å². The van der Waals surface area contributed by atoms with Gasteiger partial charge in [-0.1, -0.05) is 53.5 Å². The molecule has 106 valence electrons. The van der Waals surface area contributed by atoms with E-state index in [2.05, 4.69) is 0 Å². The molecule has 0 aliphatic rings. The van der Waals surface area contributed by atoms with E-state index in [4.69, 9.17) is 28.3 Å². The molecule has 1 atom stereocenters. The van der Waals surface area contributed by atoms with E-state index in [0.717, 1.165) is 5.56 Å². The van der Waals surface area contributed by atoms with Crippen LogP contribution in [0.4, 0.5) is 0 Å². The van der Waals surface area contributed by atoms with Crippen LogP contribution >= 0.6 is 23.2 Å². The first-order chi connectivity index (χ1) is 9.43. The summed E-state index contributed by atoms with van der Waals surface area (Å²) in [6.45, 7) is 3.20. The van der Waals surface area contributed by atoms with Crippen LogP contribution in [0, 0.1) is 0 Å². The van der Waals surface area contributed by atoms with Gasteiger partial charge in [-0.15, -0.1) is 0 Å². The number of carbonyl (C=O) groups is 1. The summed E-state index contributed by atoms with van der Waals surface area (Å²) in [7, 11) is 0. The molecule has 0 radical (unpaired) electrons. The smallest absolute Gasteiger partial charge is 0.161 e. The molecule has 0 aromatic heterocycles. The lowest BCUT2D eigenvalue weighted by Crippen LogP contribution is -1.91. The molecule has 2 aromatic carbocycles. The maximum absolute atomic E-state index is 10.8. The Labute approximate surface area is 129 Å². The zero-order valence-corrected chi connectivity index (χ0v) is 12.8. The van der Waals surface area contributed by atoms with Crippen LogP contribution in [0.25, 0.3) is 0 Å². The highest BCUT2D eigenvalue weighted by molar-refractivity contribution is 6.33. The summed E-state index contributed by atoms with van der Waals surface area (Å²) in [5.74, 6) is 0.00519. The minimum absolute atomic E-state index is 0.00519. The maximum atomic E-state index is 10.8. The lowest BCUT2D eigenvalue weighted by atomic mass is 10.1. The summed E-state index contributed by atoms with van der Waals surface area (Å²) in [6.07, 6.45) is -0.478. The van der Waals surface area contributed by atoms with Gasteiger partial charge >= 0.3 is 0 Å². The van der Waals surface area contributed by atoms with E-state index in [1.807, 2.05) is 18.2 Å². The van der Waals surface area contributed by atoms with Crippen molar-refractivity contribution in [3.8, 4) is 0 Å². The van der Waals surface area contributed by atoms with Gasteiger partial charge < -0.3 is 5.11 Å². The van der Waals surface area contributed by atoms with Crippen LogP contribution in [0.1, 0.15) is 35.9 Å². The van der Waals surface area contributed by atoms with E-state index in [-0.39, 0.29) is 5.78 Å². The molecule has 20 heavy (non-hydrogen) atoms. The van der Waals surface area contributed by atoms with Crippen LogP contribution < -0.4 is 0 Å². The SMILES string of the molecule is CC(=O)c1ccccc1Cl.CC(O)c1ccccc1Cl. The van der Waals surface area contributed by atoms with Crippen molar-refractivity contribution in [1.82, 2.24) is 0 Å². The van der Waals surface area contributed by atoms with Gasteiger partial charge in [-0.05, 0) is 37.6 Å². The molecule has 0 aliphatic carbocycles. The van der Waals surface area contributed by atoms with E-state index in [0.29, 0.717) is 15.6 Å². The molecule has 2 nitrogen and oxygen atoms in total. The Morgan fingerprint density at radius 3 is 1.85 bits per heavy atom.